The largest absolute Gasteiger partial charge is 0.384 e. The first-order chi connectivity index (χ1) is 7.69. The molecule has 2 aromatic rings. The molecule has 0 amide bonds. The van der Waals surface area contributed by atoms with Gasteiger partial charge >= 0.3 is 0 Å². The van der Waals surface area contributed by atoms with Crippen LogP contribution in [0.4, 0.5) is 5.82 Å². The number of hydrogen-bond donors (Lipinski definition) is 1. The van der Waals surface area contributed by atoms with E-state index in [0.717, 1.165) is 11.3 Å². The van der Waals surface area contributed by atoms with Gasteiger partial charge in [-0.25, -0.2) is 4.98 Å². The van der Waals surface area contributed by atoms with Crippen molar-refractivity contribution in [3.63, 3.8) is 0 Å². The minimum absolute atomic E-state index is 0.573. The molecule has 1 heterocycles. The van der Waals surface area contributed by atoms with E-state index in [4.69, 9.17) is 5.73 Å². The van der Waals surface area contributed by atoms with Gasteiger partial charge in [0.15, 0.2) is 0 Å². The van der Waals surface area contributed by atoms with Gasteiger partial charge < -0.3 is 5.73 Å². The van der Waals surface area contributed by atoms with Crippen LogP contribution >= 0.6 is 11.8 Å². The molecule has 1 aromatic carbocycles. The van der Waals surface area contributed by atoms with Gasteiger partial charge in [-0.15, -0.1) is 11.8 Å². The zero-order chi connectivity index (χ0) is 11.5. The van der Waals surface area contributed by atoms with E-state index in [2.05, 4.69) is 35.5 Å². The maximum Gasteiger partial charge on any atom is 0.124 e. The van der Waals surface area contributed by atoms with Crippen LogP contribution in [0.1, 0.15) is 5.69 Å². The predicted molar refractivity (Wildman–Crippen MR) is 70.6 cm³/mol. The molecule has 0 bridgehead atoms. The van der Waals surface area contributed by atoms with Gasteiger partial charge in [0.2, 0.25) is 0 Å². The van der Waals surface area contributed by atoms with Gasteiger partial charge in [0.25, 0.3) is 0 Å². The second-order valence-corrected chi connectivity index (χ2v) is 4.53. The number of nitrogen functional groups attached to an aromatic ring is 1. The molecule has 0 saturated carbocycles. The second-order valence-electron chi connectivity index (χ2n) is 3.65. The van der Waals surface area contributed by atoms with Crippen molar-refractivity contribution in [1.29, 1.82) is 0 Å². The number of benzene rings is 1. The summed E-state index contributed by atoms with van der Waals surface area (Å²) in [5.74, 6) is 0.573. The molecule has 0 saturated heterocycles. The van der Waals surface area contributed by atoms with Gasteiger partial charge in [0.1, 0.15) is 5.82 Å². The molecule has 82 valence electrons. The molecule has 1 aromatic heterocycles. The summed E-state index contributed by atoms with van der Waals surface area (Å²) >= 11 is 1.74. The quantitative estimate of drug-likeness (QED) is 0.804. The lowest BCUT2D eigenvalue weighted by atomic mass is 10.1. The number of thioether (sulfide) groups is 1. The van der Waals surface area contributed by atoms with Crippen molar-refractivity contribution < 1.29 is 0 Å². The summed E-state index contributed by atoms with van der Waals surface area (Å²) in [6, 6.07) is 12.4. The van der Waals surface area contributed by atoms with Crippen molar-refractivity contribution in [1.82, 2.24) is 4.98 Å². The van der Waals surface area contributed by atoms with Crippen LogP contribution < -0.4 is 5.73 Å². The molecule has 2 nitrogen and oxygen atoms in total. The fourth-order valence-corrected chi connectivity index (χ4v) is 2.05. The van der Waals surface area contributed by atoms with Gasteiger partial charge in [-0.05, 0) is 48.6 Å². The molecule has 0 aliphatic rings. The van der Waals surface area contributed by atoms with Crippen LogP contribution in [0.5, 0.6) is 0 Å². The number of nitrogens with two attached hydrogens (primary N) is 1. The van der Waals surface area contributed by atoms with E-state index >= 15 is 0 Å². The number of aryl methyl sites for hydroxylation is 1. The molecule has 3 heteroatoms. The topological polar surface area (TPSA) is 38.9 Å². The lowest BCUT2D eigenvalue weighted by Crippen LogP contribution is -1.93. The Balaban J connectivity index is 2.42. The van der Waals surface area contributed by atoms with Gasteiger partial charge in [-0.3, -0.25) is 0 Å². The molecule has 0 aliphatic heterocycles. The minimum atomic E-state index is 0.573. The average Bonchev–Trinajstić information content (AvgIpc) is 2.28. The highest BCUT2D eigenvalue weighted by Crippen LogP contribution is 2.24. The minimum Gasteiger partial charge on any atom is -0.384 e. The van der Waals surface area contributed by atoms with Crippen molar-refractivity contribution in [3.05, 3.63) is 42.1 Å². The van der Waals surface area contributed by atoms with Gasteiger partial charge in [0.05, 0.1) is 0 Å². The summed E-state index contributed by atoms with van der Waals surface area (Å²) in [5, 5.41) is 0. The molecule has 0 aliphatic carbocycles. The predicted octanol–water partition coefficient (Wildman–Crippen LogP) is 3.36. The summed E-state index contributed by atoms with van der Waals surface area (Å²) in [6.07, 6.45) is 2.07. The van der Waals surface area contributed by atoms with Crippen LogP contribution in [0.25, 0.3) is 11.1 Å². The Hall–Kier alpha value is -1.48. The third-order valence-corrected chi connectivity index (χ3v) is 3.14. The normalized spacial score (nSPS) is 10.4. The molecule has 2 rings (SSSR count). The summed E-state index contributed by atoms with van der Waals surface area (Å²) in [4.78, 5) is 5.43. The maximum absolute atomic E-state index is 5.74. The first-order valence-corrected chi connectivity index (χ1v) is 6.30. The molecule has 16 heavy (non-hydrogen) atoms. The first kappa shape index (κ1) is 11.0. The van der Waals surface area contributed by atoms with Crippen LogP contribution in [0.3, 0.4) is 0 Å². The van der Waals surface area contributed by atoms with Crippen molar-refractivity contribution >= 4 is 17.6 Å². The Morgan fingerprint density at radius 1 is 1.06 bits per heavy atom. The molecule has 0 unspecified atom stereocenters. The number of hydrogen-bond acceptors (Lipinski definition) is 3. The summed E-state index contributed by atoms with van der Waals surface area (Å²) in [5.41, 5.74) is 8.98. The van der Waals surface area contributed by atoms with Crippen LogP contribution in [-0.2, 0) is 0 Å². The first-order valence-electron chi connectivity index (χ1n) is 5.07. The van der Waals surface area contributed by atoms with Crippen molar-refractivity contribution in [2.24, 2.45) is 0 Å². The smallest absolute Gasteiger partial charge is 0.124 e. The molecular weight excluding hydrogens is 216 g/mol. The standard InChI is InChI=1S/C13H14N2S/c1-9-7-11(8-13(14)15-9)10-3-5-12(16-2)6-4-10/h3-8H,1-2H3,(H2,14,15). The Morgan fingerprint density at radius 2 is 1.75 bits per heavy atom. The van der Waals surface area contributed by atoms with E-state index < -0.39 is 0 Å². The van der Waals surface area contributed by atoms with Crippen LogP contribution in [0.15, 0.2) is 41.3 Å². The van der Waals surface area contributed by atoms with E-state index in [9.17, 15) is 0 Å². The maximum atomic E-state index is 5.74. The van der Waals surface area contributed by atoms with E-state index in [0.29, 0.717) is 5.82 Å². The van der Waals surface area contributed by atoms with Gasteiger partial charge in [-0.1, -0.05) is 12.1 Å². The molecule has 0 atom stereocenters. The highest BCUT2D eigenvalue weighted by atomic mass is 32.2. The zero-order valence-electron chi connectivity index (χ0n) is 9.40. The second kappa shape index (κ2) is 4.58. The van der Waals surface area contributed by atoms with E-state index in [1.54, 1.807) is 11.8 Å². The summed E-state index contributed by atoms with van der Waals surface area (Å²) < 4.78 is 0. The van der Waals surface area contributed by atoms with Crippen LogP contribution in [0.2, 0.25) is 0 Å². The number of aromatic nitrogens is 1. The fourth-order valence-electron chi connectivity index (χ4n) is 1.64. The summed E-state index contributed by atoms with van der Waals surface area (Å²) in [7, 11) is 0. The van der Waals surface area contributed by atoms with Crippen molar-refractivity contribution in [3.8, 4) is 11.1 Å². The monoisotopic (exact) mass is 230 g/mol. The Morgan fingerprint density at radius 3 is 2.31 bits per heavy atom. The lowest BCUT2D eigenvalue weighted by Gasteiger charge is -2.05. The number of pyridine rings is 1. The summed E-state index contributed by atoms with van der Waals surface area (Å²) in [6.45, 7) is 1.95. The molecule has 0 fully saturated rings. The molecule has 0 radical (unpaired) electrons. The Bertz CT molecular complexity index is 472. The van der Waals surface area contributed by atoms with Gasteiger partial charge in [0, 0.05) is 10.6 Å². The Kier molecular flexibility index (Phi) is 3.15. The third-order valence-electron chi connectivity index (χ3n) is 2.40. The van der Waals surface area contributed by atoms with E-state index in [-0.39, 0.29) is 0 Å². The van der Waals surface area contributed by atoms with Gasteiger partial charge in [-0.2, -0.15) is 0 Å². The van der Waals surface area contributed by atoms with E-state index in [1.807, 2.05) is 19.1 Å². The highest BCUT2D eigenvalue weighted by molar-refractivity contribution is 7.98. The van der Waals surface area contributed by atoms with Crippen molar-refractivity contribution in [2.45, 2.75) is 11.8 Å². The average molecular weight is 230 g/mol. The SMILES string of the molecule is CSc1ccc(-c2cc(C)nc(N)c2)cc1. The zero-order valence-corrected chi connectivity index (χ0v) is 10.2. The van der Waals surface area contributed by atoms with Crippen molar-refractivity contribution in [2.75, 3.05) is 12.0 Å². The molecule has 2 N–H and O–H groups in total. The molecular formula is C13H14N2S. The number of rotatable bonds is 2. The fraction of sp³-hybridized carbons (Fsp3) is 0.154. The van der Waals surface area contributed by atoms with E-state index in [1.165, 1.54) is 10.5 Å². The van der Waals surface area contributed by atoms with Crippen LogP contribution in [0, 0.1) is 6.92 Å². The Labute approximate surface area is 99.9 Å². The highest BCUT2D eigenvalue weighted by Gasteiger charge is 2.00. The van der Waals surface area contributed by atoms with Crippen LogP contribution in [-0.4, -0.2) is 11.2 Å². The number of anilines is 1. The lowest BCUT2D eigenvalue weighted by molar-refractivity contribution is 1.21. The number of nitrogens with zero attached hydrogens (tertiary/aromatic N) is 1. The third kappa shape index (κ3) is 2.36. The molecule has 0 spiro atoms.